The summed E-state index contributed by atoms with van der Waals surface area (Å²) in [6, 6.07) is -0.0602. The molecule has 1 rings (SSSR count). The van der Waals surface area contributed by atoms with Gasteiger partial charge in [0.05, 0.1) is 7.11 Å². The fourth-order valence-corrected chi connectivity index (χ4v) is 1.91. The van der Waals surface area contributed by atoms with Gasteiger partial charge in [0.25, 0.3) is 5.91 Å². The molecule has 0 aromatic carbocycles. The van der Waals surface area contributed by atoms with Gasteiger partial charge in [-0.1, -0.05) is 0 Å². The van der Waals surface area contributed by atoms with Crippen molar-refractivity contribution >= 4 is 22.1 Å². The summed E-state index contributed by atoms with van der Waals surface area (Å²) in [5.41, 5.74) is 0. The second kappa shape index (κ2) is 4.20. The average Bonchev–Trinajstić information content (AvgIpc) is 2.48. The number of carbonyl (C=O) groups excluding carboxylic acids is 1. The van der Waals surface area contributed by atoms with Crippen LogP contribution in [0.15, 0.2) is 0 Å². The molecule has 1 aliphatic heterocycles. The molecule has 0 saturated carbocycles. The van der Waals surface area contributed by atoms with Gasteiger partial charge in [-0.3, -0.25) is 9.63 Å². The van der Waals surface area contributed by atoms with Gasteiger partial charge < -0.3 is 0 Å². The van der Waals surface area contributed by atoms with Crippen LogP contribution in [0.4, 0.5) is 0 Å². The van der Waals surface area contributed by atoms with E-state index < -0.39 is 0 Å². The van der Waals surface area contributed by atoms with E-state index in [4.69, 9.17) is 4.84 Å². The number of rotatable bonds is 2. The standard InChI is InChI=1S/C7H13BrN2O2/c1-9(12-2)7(11)6-4-3-5-10(6)8/h6H,3-5H2,1-2H3/t6-/m0/s1. The monoisotopic (exact) mass is 236 g/mol. The maximum Gasteiger partial charge on any atom is 0.264 e. The Hall–Kier alpha value is -0.130. The molecule has 0 spiro atoms. The van der Waals surface area contributed by atoms with Gasteiger partial charge in [-0.05, 0) is 12.8 Å². The summed E-state index contributed by atoms with van der Waals surface area (Å²) >= 11 is 3.33. The minimum Gasteiger partial charge on any atom is -0.275 e. The first kappa shape index (κ1) is 9.95. The Morgan fingerprint density at radius 2 is 2.42 bits per heavy atom. The lowest BCUT2D eigenvalue weighted by molar-refractivity contribution is -0.172. The van der Waals surface area contributed by atoms with Crippen molar-refractivity contribution in [2.75, 3.05) is 20.7 Å². The molecule has 5 heteroatoms. The van der Waals surface area contributed by atoms with Crippen molar-refractivity contribution in [2.45, 2.75) is 18.9 Å². The number of hydrogen-bond acceptors (Lipinski definition) is 3. The summed E-state index contributed by atoms with van der Waals surface area (Å²) in [5, 5.41) is 1.27. The highest BCUT2D eigenvalue weighted by Crippen LogP contribution is 2.21. The third-order valence-corrected chi connectivity index (χ3v) is 2.91. The van der Waals surface area contributed by atoms with E-state index >= 15 is 0 Å². The van der Waals surface area contributed by atoms with Crippen molar-refractivity contribution in [3.05, 3.63) is 0 Å². The van der Waals surface area contributed by atoms with E-state index in [1.807, 2.05) is 3.93 Å². The van der Waals surface area contributed by atoms with Gasteiger partial charge in [-0.2, -0.15) is 0 Å². The molecule has 70 valence electrons. The van der Waals surface area contributed by atoms with Gasteiger partial charge in [-0.25, -0.2) is 8.99 Å². The predicted octanol–water partition coefficient (Wildman–Crippen LogP) is 0.780. The van der Waals surface area contributed by atoms with Crippen LogP contribution in [-0.2, 0) is 9.63 Å². The number of hydrogen-bond donors (Lipinski definition) is 0. The van der Waals surface area contributed by atoms with Crippen LogP contribution in [0, 0.1) is 0 Å². The second-order valence-corrected chi connectivity index (χ2v) is 3.71. The Morgan fingerprint density at radius 3 is 2.83 bits per heavy atom. The van der Waals surface area contributed by atoms with Gasteiger partial charge in [0.15, 0.2) is 0 Å². The van der Waals surface area contributed by atoms with Crippen molar-refractivity contribution in [3.63, 3.8) is 0 Å². The largest absolute Gasteiger partial charge is 0.275 e. The van der Waals surface area contributed by atoms with Crippen molar-refractivity contribution in [3.8, 4) is 0 Å². The molecule has 1 saturated heterocycles. The second-order valence-electron chi connectivity index (χ2n) is 2.80. The molecule has 12 heavy (non-hydrogen) atoms. The smallest absolute Gasteiger partial charge is 0.264 e. The summed E-state index contributed by atoms with van der Waals surface area (Å²) in [6.07, 6.45) is 1.96. The van der Waals surface area contributed by atoms with Crippen LogP contribution in [0.5, 0.6) is 0 Å². The fourth-order valence-electron chi connectivity index (χ4n) is 1.27. The molecular formula is C7H13BrN2O2. The molecular weight excluding hydrogens is 224 g/mol. The van der Waals surface area contributed by atoms with E-state index in [0.717, 1.165) is 19.4 Å². The number of carbonyl (C=O) groups is 1. The maximum atomic E-state index is 11.5. The molecule has 1 atom stereocenters. The van der Waals surface area contributed by atoms with Crippen molar-refractivity contribution in [1.82, 2.24) is 8.99 Å². The van der Waals surface area contributed by atoms with Crippen LogP contribution in [0.2, 0.25) is 0 Å². The fraction of sp³-hybridized carbons (Fsp3) is 0.857. The van der Waals surface area contributed by atoms with E-state index in [-0.39, 0.29) is 11.9 Å². The Bertz CT molecular complexity index is 177. The minimum absolute atomic E-state index is 0.00637. The first-order chi connectivity index (χ1) is 5.66. The Labute approximate surface area is 80.7 Å². The molecule has 0 aromatic rings. The molecule has 0 aliphatic carbocycles. The number of halogens is 1. The lowest BCUT2D eigenvalue weighted by Crippen LogP contribution is -2.39. The topological polar surface area (TPSA) is 32.8 Å². The van der Waals surface area contributed by atoms with Gasteiger partial charge in [-0.15, -0.1) is 0 Å². The van der Waals surface area contributed by atoms with Gasteiger partial charge in [0, 0.05) is 29.7 Å². The molecule has 1 aliphatic rings. The first-order valence-corrected chi connectivity index (χ1v) is 4.62. The van der Waals surface area contributed by atoms with E-state index in [1.165, 1.54) is 12.2 Å². The van der Waals surface area contributed by atoms with E-state index in [0.29, 0.717) is 0 Å². The molecule has 0 bridgehead atoms. The number of likely N-dealkylation sites (N-methyl/N-ethyl adjacent to an activating group) is 1. The zero-order valence-corrected chi connectivity index (χ0v) is 8.87. The highest BCUT2D eigenvalue weighted by Gasteiger charge is 2.31. The van der Waals surface area contributed by atoms with Crippen LogP contribution in [0.1, 0.15) is 12.8 Å². The molecule has 0 radical (unpaired) electrons. The van der Waals surface area contributed by atoms with Crippen LogP contribution in [-0.4, -0.2) is 41.6 Å². The van der Waals surface area contributed by atoms with E-state index in [2.05, 4.69) is 16.1 Å². The lowest BCUT2D eigenvalue weighted by atomic mass is 10.2. The molecule has 0 N–H and O–H groups in total. The SMILES string of the molecule is CON(C)C(=O)[C@@H]1CCCN1Br. The Balaban J connectivity index is 2.51. The summed E-state index contributed by atoms with van der Waals surface area (Å²) in [5.74, 6) is 0.00637. The number of hydroxylamine groups is 2. The number of nitrogens with zero attached hydrogens (tertiary/aromatic N) is 2. The normalized spacial score (nSPS) is 24.4. The van der Waals surface area contributed by atoms with Gasteiger partial charge in [0.2, 0.25) is 0 Å². The first-order valence-electron chi connectivity index (χ1n) is 3.91. The highest BCUT2D eigenvalue weighted by atomic mass is 79.9. The molecule has 1 fully saturated rings. The van der Waals surface area contributed by atoms with Gasteiger partial charge >= 0.3 is 0 Å². The zero-order valence-electron chi connectivity index (χ0n) is 7.29. The maximum absolute atomic E-state index is 11.5. The van der Waals surface area contributed by atoms with Gasteiger partial charge in [0.1, 0.15) is 6.04 Å². The van der Waals surface area contributed by atoms with Crippen LogP contribution in [0.3, 0.4) is 0 Å². The zero-order chi connectivity index (χ0) is 9.14. The van der Waals surface area contributed by atoms with E-state index in [1.54, 1.807) is 7.05 Å². The number of amides is 1. The Morgan fingerprint density at radius 1 is 1.75 bits per heavy atom. The van der Waals surface area contributed by atoms with Crippen molar-refractivity contribution in [2.24, 2.45) is 0 Å². The molecule has 4 nitrogen and oxygen atoms in total. The van der Waals surface area contributed by atoms with Crippen molar-refractivity contribution in [1.29, 1.82) is 0 Å². The summed E-state index contributed by atoms with van der Waals surface area (Å²) in [4.78, 5) is 16.3. The summed E-state index contributed by atoms with van der Waals surface area (Å²) < 4.78 is 1.88. The molecule has 0 unspecified atom stereocenters. The average molecular weight is 237 g/mol. The van der Waals surface area contributed by atoms with Crippen LogP contribution >= 0.6 is 16.1 Å². The van der Waals surface area contributed by atoms with Crippen LogP contribution < -0.4 is 0 Å². The molecule has 1 amide bonds. The lowest BCUT2D eigenvalue weighted by Gasteiger charge is -2.21. The summed E-state index contributed by atoms with van der Waals surface area (Å²) in [6.45, 7) is 0.925. The quantitative estimate of drug-likeness (QED) is 0.525. The minimum atomic E-state index is -0.0602. The predicted molar refractivity (Wildman–Crippen MR) is 48.4 cm³/mol. The van der Waals surface area contributed by atoms with Crippen LogP contribution in [0.25, 0.3) is 0 Å². The highest BCUT2D eigenvalue weighted by molar-refractivity contribution is 9.07. The van der Waals surface area contributed by atoms with E-state index in [9.17, 15) is 4.79 Å². The third-order valence-electron chi connectivity index (χ3n) is 2.06. The third kappa shape index (κ3) is 1.97. The Kier molecular flexibility index (Phi) is 3.49. The van der Waals surface area contributed by atoms with Crippen molar-refractivity contribution < 1.29 is 9.63 Å². The molecule has 0 aromatic heterocycles. The summed E-state index contributed by atoms with van der Waals surface area (Å²) in [7, 11) is 3.12. The molecule has 1 heterocycles.